The van der Waals surface area contributed by atoms with Crippen LogP contribution in [0.5, 0.6) is 0 Å². The van der Waals surface area contributed by atoms with Crippen molar-refractivity contribution in [3.8, 4) is 0 Å². The minimum absolute atomic E-state index is 0.0621. The van der Waals surface area contributed by atoms with E-state index in [4.69, 9.17) is 5.73 Å². The van der Waals surface area contributed by atoms with Crippen LogP contribution in [0.25, 0.3) is 16.8 Å². The molecule has 0 saturated heterocycles. The molecule has 1 spiro atoms. The van der Waals surface area contributed by atoms with E-state index in [1.165, 1.54) is 3.97 Å². The molecule has 8 nitrogen and oxygen atoms in total. The van der Waals surface area contributed by atoms with Crippen molar-refractivity contribution < 1.29 is 8.42 Å². The summed E-state index contributed by atoms with van der Waals surface area (Å²) in [7, 11) is -3.77. The van der Waals surface area contributed by atoms with E-state index in [1.807, 2.05) is 11.3 Å². The summed E-state index contributed by atoms with van der Waals surface area (Å²) >= 11 is 0. The zero-order valence-electron chi connectivity index (χ0n) is 17.1. The van der Waals surface area contributed by atoms with E-state index in [-0.39, 0.29) is 21.3 Å². The van der Waals surface area contributed by atoms with Gasteiger partial charge in [0.05, 0.1) is 16.6 Å². The van der Waals surface area contributed by atoms with Crippen LogP contribution >= 0.6 is 0 Å². The van der Waals surface area contributed by atoms with Crippen LogP contribution in [0.15, 0.2) is 47.6 Å². The number of nitrogens with two attached hydrogens (primary N) is 1. The first-order valence-corrected chi connectivity index (χ1v) is 12.1. The number of aromatic nitrogens is 5. The highest BCUT2D eigenvalue weighted by atomic mass is 32.2. The number of hydrogen-bond donors (Lipinski definition) is 1. The smallest absolute Gasteiger partial charge is 0.269 e. The van der Waals surface area contributed by atoms with Crippen molar-refractivity contribution in [2.75, 3.05) is 0 Å². The highest BCUT2D eigenvalue weighted by Crippen LogP contribution is 2.82. The van der Waals surface area contributed by atoms with Crippen molar-refractivity contribution in [3.63, 3.8) is 0 Å². The molecule has 7 rings (SSSR count). The standard InChI is InChI=1S/C22H22N6O2S/c1-14-2-4-15(5-3-14)31(29,30)27-11-6-16-18(27)24-12-17-25-26-19(28(16)17)20-7-9-21(20)13-22(21,23)10-8-20/h2-6,11-12H,7-10,13,23H2,1H3. The second-order valence-electron chi connectivity index (χ2n) is 9.61. The third kappa shape index (κ3) is 1.87. The summed E-state index contributed by atoms with van der Waals surface area (Å²) in [5.74, 6) is 0.913. The van der Waals surface area contributed by atoms with Gasteiger partial charge in [-0.05, 0) is 57.2 Å². The van der Waals surface area contributed by atoms with E-state index in [0.29, 0.717) is 16.8 Å². The average Bonchev–Trinajstić information content (AvgIpc) is 3.03. The first-order chi connectivity index (χ1) is 14.8. The predicted octanol–water partition coefficient (Wildman–Crippen LogP) is 2.54. The van der Waals surface area contributed by atoms with Crippen LogP contribution in [0.2, 0.25) is 0 Å². The van der Waals surface area contributed by atoms with Crippen molar-refractivity contribution in [1.29, 1.82) is 0 Å². The highest BCUT2D eigenvalue weighted by molar-refractivity contribution is 7.90. The lowest BCUT2D eigenvalue weighted by Gasteiger charge is -2.47. The van der Waals surface area contributed by atoms with Crippen LogP contribution in [0.3, 0.4) is 0 Å². The van der Waals surface area contributed by atoms with E-state index in [9.17, 15) is 8.42 Å². The predicted molar refractivity (Wildman–Crippen MR) is 114 cm³/mol. The van der Waals surface area contributed by atoms with E-state index in [0.717, 1.165) is 43.5 Å². The lowest BCUT2D eigenvalue weighted by molar-refractivity contribution is 0.0951. The third-order valence-electron chi connectivity index (χ3n) is 8.38. The Labute approximate surface area is 179 Å². The number of rotatable bonds is 3. The molecule has 3 heterocycles. The maximum absolute atomic E-state index is 13.3. The summed E-state index contributed by atoms with van der Waals surface area (Å²) in [5.41, 5.74) is 9.40. The number of hydrogen-bond acceptors (Lipinski definition) is 6. The molecule has 0 aliphatic heterocycles. The molecule has 0 bridgehead atoms. The van der Waals surface area contributed by atoms with Gasteiger partial charge < -0.3 is 5.73 Å². The van der Waals surface area contributed by atoms with Crippen LogP contribution < -0.4 is 5.73 Å². The number of fused-ring (bicyclic) bond motifs is 3. The fraction of sp³-hybridized carbons (Fsp3) is 0.409. The van der Waals surface area contributed by atoms with E-state index < -0.39 is 10.0 Å². The summed E-state index contributed by atoms with van der Waals surface area (Å²) in [5, 5.41) is 8.99. The van der Waals surface area contributed by atoms with Gasteiger partial charge in [-0.2, -0.15) is 0 Å². The normalized spacial score (nSPS) is 31.5. The van der Waals surface area contributed by atoms with Crippen molar-refractivity contribution in [2.24, 2.45) is 11.1 Å². The fourth-order valence-electron chi connectivity index (χ4n) is 6.53. The Bertz CT molecular complexity index is 1520. The van der Waals surface area contributed by atoms with Gasteiger partial charge in [-0.25, -0.2) is 17.4 Å². The Kier molecular flexibility index (Phi) is 2.97. The molecule has 158 valence electrons. The maximum Gasteiger partial charge on any atom is 0.269 e. The molecule has 3 unspecified atom stereocenters. The molecule has 1 aromatic carbocycles. The third-order valence-corrected chi connectivity index (χ3v) is 10.1. The molecular formula is C22H22N6O2S. The molecular weight excluding hydrogens is 412 g/mol. The van der Waals surface area contributed by atoms with Crippen LogP contribution in [0, 0.1) is 12.3 Å². The highest BCUT2D eigenvalue weighted by Gasteiger charge is 2.83. The lowest BCUT2D eigenvalue weighted by Crippen LogP contribution is -2.48. The largest absolute Gasteiger partial charge is 0.325 e. The van der Waals surface area contributed by atoms with Crippen LogP contribution in [0.1, 0.15) is 43.5 Å². The molecule has 0 amide bonds. The second-order valence-corrected chi connectivity index (χ2v) is 11.4. The summed E-state index contributed by atoms with van der Waals surface area (Å²) in [6.45, 7) is 1.93. The van der Waals surface area contributed by atoms with Crippen LogP contribution in [0.4, 0.5) is 0 Å². The van der Waals surface area contributed by atoms with Gasteiger partial charge in [0.25, 0.3) is 10.0 Å². The molecule has 3 aromatic heterocycles. The molecule has 3 saturated carbocycles. The second kappa shape index (κ2) is 5.16. The summed E-state index contributed by atoms with van der Waals surface area (Å²) in [6.07, 6.45) is 8.44. The molecule has 3 atom stereocenters. The Morgan fingerprint density at radius 1 is 1.03 bits per heavy atom. The molecule has 0 radical (unpaired) electrons. The van der Waals surface area contributed by atoms with Crippen LogP contribution in [-0.4, -0.2) is 37.5 Å². The zero-order chi connectivity index (χ0) is 21.2. The molecule has 3 aliphatic rings. The number of benzene rings is 1. The van der Waals surface area contributed by atoms with E-state index in [1.54, 1.807) is 42.7 Å². The van der Waals surface area contributed by atoms with Gasteiger partial charge >= 0.3 is 0 Å². The van der Waals surface area contributed by atoms with E-state index >= 15 is 0 Å². The summed E-state index contributed by atoms with van der Waals surface area (Å²) < 4.78 is 29.9. The van der Waals surface area contributed by atoms with Gasteiger partial charge in [0.1, 0.15) is 5.82 Å². The van der Waals surface area contributed by atoms with Crippen molar-refractivity contribution in [1.82, 2.24) is 23.6 Å². The number of nitrogens with zero attached hydrogens (tertiary/aromatic N) is 5. The lowest BCUT2D eigenvalue weighted by atomic mass is 9.57. The summed E-state index contributed by atoms with van der Waals surface area (Å²) in [4.78, 5) is 4.69. The minimum Gasteiger partial charge on any atom is -0.325 e. The SMILES string of the molecule is Cc1ccc(S(=O)(=O)n2ccc3c2ncc2nnc(C45CCC6(N)CC64CC5)n23)cc1. The minimum atomic E-state index is -3.77. The first kappa shape index (κ1) is 17.9. The van der Waals surface area contributed by atoms with Gasteiger partial charge in [-0.15, -0.1) is 10.2 Å². The van der Waals surface area contributed by atoms with Gasteiger partial charge in [-0.1, -0.05) is 17.7 Å². The molecule has 2 N–H and O–H groups in total. The van der Waals surface area contributed by atoms with Crippen molar-refractivity contribution in [3.05, 3.63) is 54.1 Å². The zero-order valence-corrected chi connectivity index (χ0v) is 17.9. The fourth-order valence-corrected chi connectivity index (χ4v) is 7.83. The summed E-state index contributed by atoms with van der Waals surface area (Å²) in [6, 6.07) is 8.65. The van der Waals surface area contributed by atoms with Gasteiger partial charge in [0.2, 0.25) is 0 Å². The monoisotopic (exact) mass is 434 g/mol. The Morgan fingerprint density at radius 3 is 2.48 bits per heavy atom. The molecule has 4 aromatic rings. The molecule has 31 heavy (non-hydrogen) atoms. The Hall–Kier alpha value is -2.78. The quantitative estimate of drug-likeness (QED) is 0.531. The molecule has 3 fully saturated rings. The average molecular weight is 435 g/mol. The van der Waals surface area contributed by atoms with Gasteiger partial charge in [0.15, 0.2) is 11.3 Å². The number of aryl methyl sites for hydroxylation is 1. The maximum atomic E-state index is 13.3. The van der Waals surface area contributed by atoms with Gasteiger partial charge in [-0.3, -0.25) is 4.40 Å². The van der Waals surface area contributed by atoms with E-state index in [2.05, 4.69) is 15.2 Å². The first-order valence-electron chi connectivity index (χ1n) is 10.6. The van der Waals surface area contributed by atoms with Gasteiger partial charge in [0, 0.05) is 22.6 Å². The van der Waals surface area contributed by atoms with Crippen LogP contribution in [-0.2, 0) is 15.4 Å². The topological polar surface area (TPSA) is 108 Å². The Balaban J connectivity index is 1.45. The molecule has 3 aliphatic carbocycles. The molecule has 9 heteroatoms. The van der Waals surface area contributed by atoms with Crippen molar-refractivity contribution >= 4 is 26.8 Å². The van der Waals surface area contributed by atoms with Crippen molar-refractivity contribution in [2.45, 2.75) is 54.9 Å². The Morgan fingerprint density at radius 2 is 1.81 bits per heavy atom.